The number of halogens is 1. The summed E-state index contributed by atoms with van der Waals surface area (Å²) in [7, 11) is 0. The number of hydrogen-bond donors (Lipinski definition) is 1. The van der Waals surface area contributed by atoms with Crippen LogP contribution in [-0.2, 0) is 4.79 Å². The van der Waals surface area contributed by atoms with Crippen molar-refractivity contribution < 1.29 is 19.4 Å². The molecule has 0 aliphatic heterocycles. The van der Waals surface area contributed by atoms with Crippen molar-refractivity contribution >= 4 is 33.5 Å². The Hall–Kier alpha value is -2.34. The van der Waals surface area contributed by atoms with Crippen LogP contribution in [0.3, 0.4) is 0 Å². The molecular formula is C17H15BrNO4-. The number of aryl methyl sites for hydroxylation is 2. The molecule has 1 N–H and O–H groups in total. The highest BCUT2D eigenvalue weighted by Gasteiger charge is 2.10. The van der Waals surface area contributed by atoms with Gasteiger partial charge in [-0.3, -0.25) is 4.79 Å². The van der Waals surface area contributed by atoms with E-state index in [1.54, 1.807) is 6.07 Å². The summed E-state index contributed by atoms with van der Waals surface area (Å²) in [4.78, 5) is 23.1. The van der Waals surface area contributed by atoms with Crippen molar-refractivity contribution in [3.05, 3.63) is 57.6 Å². The van der Waals surface area contributed by atoms with E-state index in [4.69, 9.17) is 4.74 Å². The molecule has 0 heterocycles. The minimum atomic E-state index is -1.36. The Bertz CT molecular complexity index is 758. The highest BCUT2D eigenvalue weighted by atomic mass is 79.9. The zero-order valence-electron chi connectivity index (χ0n) is 12.7. The molecule has 6 heteroatoms. The minimum Gasteiger partial charge on any atom is -0.545 e. The molecule has 0 aliphatic carbocycles. The Balaban J connectivity index is 2.06. The number of rotatable bonds is 5. The monoisotopic (exact) mass is 376 g/mol. The average Bonchev–Trinajstić information content (AvgIpc) is 2.49. The topological polar surface area (TPSA) is 78.5 Å². The lowest BCUT2D eigenvalue weighted by Gasteiger charge is -2.13. The fourth-order valence-electron chi connectivity index (χ4n) is 1.99. The number of amides is 1. The first kappa shape index (κ1) is 17.0. The molecule has 0 bridgehead atoms. The summed E-state index contributed by atoms with van der Waals surface area (Å²) in [5, 5.41) is 13.6. The number of carbonyl (C=O) groups is 2. The number of anilines is 1. The average molecular weight is 377 g/mol. The quantitative estimate of drug-likeness (QED) is 0.868. The fourth-order valence-corrected chi connectivity index (χ4v) is 2.35. The first-order valence-electron chi connectivity index (χ1n) is 6.87. The van der Waals surface area contributed by atoms with Gasteiger partial charge in [0.25, 0.3) is 5.91 Å². The number of nitrogens with one attached hydrogen (secondary N) is 1. The van der Waals surface area contributed by atoms with Crippen molar-refractivity contribution in [1.82, 2.24) is 0 Å². The molecule has 2 aromatic rings. The summed E-state index contributed by atoms with van der Waals surface area (Å²) in [6, 6.07) is 10.2. The van der Waals surface area contributed by atoms with Gasteiger partial charge in [0.1, 0.15) is 5.75 Å². The molecule has 0 aliphatic rings. The van der Waals surface area contributed by atoms with E-state index in [1.807, 2.05) is 32.0 Å². The van der Waals surface area contributed by atoms with E-state index >= 15 is 0 Å². The lowest BCUT2D eigenvalue weighted by molar-refractivity contribution is -0.254. The standard InChI is InChI=1S/C17H16BrNO4/c1-10-3-4-11(2)15(7-10)23-9-16(20)19-14-6-5-12(18)8-13(14)17(21)22/h3-8H,9H2,1-2H3,(H,19,20)(H,21,22)/p-1. The maximum atomic E-state index is 12.0. The van der Waals surface area contributed by atoms with E-state index in [0.717, 1.165) is 11.1 Å². The molecule has 0 atom stereocenters. The zero-order valence-corrected chi connectivity index (χ0v) is 14.3. The maximum Gasteiger partial charge on any atom is 0.262 e. The summed E-state index contributed by atoms with van der Waals surface area (Å²) in [5.41, 5.74) is 2.02. The van der Waals surface area contributed by atoms with Crippen LogP contribution in [0.15, 0.2) is 40.9 Å². The number of benzene rings is 2. The highest BCUT2D eigenvalue weighted by molar-refractivity contribution is 9.10. The van der Waals surface area contributed by atoms with Crippen molar-refractivity contribution in [3.63, 3.8) is 0 Å². The van der Waals surface area contributed by atoms with Crippen LogP contribution < -0.4 is 15.2 Å². The van der Waals surface area contributed by atoms with Gasteiger partial charge in [0.15, 0.2) is 6.61 Å². The van der Waals surface area contributed by atoms with Crippen molar-refractivity contribution in [2.24, 2.45) is 0 Å². The normalized spacial score (nSPS) is 10.2. The fraction of sp³-hybridized carbons (Fsp3) is 0.176. The SMILES string of the molecule is Cc1ccc(C)c(OCC(=O)Nc2ccc(Br)cc2C(=O)[O-])c1. The third-order valence-corrected chi connectivity index (χ3v) is 3.67. The Morgan fingerprint density at radius 3 is 2.61 bits per heavy atom. The van der Waals surface area contributed by atoms with Crippen LogP contribution in [-0.4, -0.2) is 18.5 Å². The molecule has 0 saturated heterocycles. The molecule has 0 unspecified atom stereocenters. The van der Waals surface area contributed by atoms with Crippen molar-refractivity contribution in [1.29, 1.82) is 0 Å². The van der Waals surface area contributed by atoms with E-state index in [0.29, 0.717) is 10.2 Å². The van der Waals surface area contributed by atoms with Gasteiger partial charge in [-0.15, -0.1) is 0 Å². The minimum absolute atomic E-state index is 0.0977. The first-order valence-corrected chi connectivity index (χ1v) is 7.67. The molecule has 0 fully saturated rings. The molecule has 120 valence electrons. The van der Waals surface area contributed by atoms with Crippen LogP contribution in [0, 0.1) is 13.8 Å². The van der Waals surface area contributed by atoms with Gasteiger partial charge in [0.05, 0.1) is 5.97 Å². The Morgan fingerprint density at radius 1 is 1.17 bits per heavy atom. The van der Waals surface area contributed by atoms with Gasteiger partial charge in [-0.2, -0.15) is 0 Å². The Morgan fingerprint density at radius 2 is 1.91 bits per heavy atom. The van der Waals surface area contributed by atoms with Crippen LogP contribution in [0.2, 0.25) is 0 Å². The Kier molecular flexibility index (Phi) is 5.39. The van der Waals surface area contributed by atoms with Gasteiger partial charge < -0.3 is 20.0 Å². The molecule has 0 radical (unpaired) electrons. The molecule has 0 aromatic heterocycles. The van der Waals surface area contributed by atoms with Gasteiger partial charge in [-0.25, -0.2) is 0 Å². The van der Waals surface area contributed by atoms with Gasteiger partial charge in [-0.1, -0.05) is 28.1 Å². The number of carboxylic acid groups (broad SMARTS) is 1. The van der Waals surface area contributed by atoms with Crippen LogP contribution in [0.5, 0.6) is 5.75 Å². The second kappa shape index (κ2) is 7.28. The predicted octanol–water partition coefficient (Wildman–Crippen LogP) is 2.45. The van der Waals surface area contributed by atoms with Crippen LogP contribution in [0.25, 0.3) is 0 Å². The maximum absolute atomic E-state index is 12.0. The molecule has 1 amide bonds. The van der Waals surface area contributed by atoms with Crippen LogP contribution in [0.4, 0.5) is 5.69 Å². The third kappa shape index (κ3) is 4.56. The first-order chi connectivity index (χ1) is 10.9. The lowest BCUT2D eigenvalue weighted by atomic mass is 10.1. The van der Waals surface area contributed by atoms with Gasteiger partial charge in [-0.05, 0) is 49.2 Å². The van der Waals surface area contributed by atoms with Crippen molar-refractivity contribution in [2.75, 3.05) is 11.9 Å². The summed E-state index contributed by atoms with van der Waals surface area (Å²) in [5.74, 6) is -1.19. The van der Waals surface area contributed by atoms with Gasteiger partial charge in [0, 0.05) is 15.7 Å². The number of hydrogen-bond acceptors (Lipinski definition) is 4. The molecule has 2 rings (SSSR count). The van der Waals surface area contributed by atoms with Crippen LogP contribution >= 0.6 is 15.9 Å². The summed E-state index contributed by atoms with van der Waals surface area (Å²) in [6.07, 6.45) is 0. The Labute approximate surface area is 142 Å². The zero-order chi connectivity index (χ0) is 17.0. The van der Waals surface area contributed by atoms with E-state index in [2.05, 4.69) is 21.2 Å². The predicted molar refractivity (Wildman–Crippen MR) is 88.5 cm³/mol. The number of carbonyl (C=O) groups excluding carboxylic acids is 2. The smallest absolute Gasteiger partial charge is 0.262 e. The molecule has 23 heavy (non-hydrogen) atoms. The largest absolute Gasteiger partial charge is 0.545 e. The summed E-state index contributed by atoms with van der Waals surface area (Å²) >= 11 is 3.18. The van der Waals surface area contributed by atoms with Crippen LogP contribution in [0.1, 0.15) is 21.5 Å². The van der Waals surface area contributed by atoms with Crippen molar-refractivity contribution in [2.45, 2.75) is 13.8 Å². The summed E-state index contributed by atoms with van der Waals surface area (Å²) in [6.45, 7) is 3.60. The van der Waals surface area contributed by atoms with E-state index < -0.39 is 11.9 Å². The number of ether oxygens (including phenoxy) is 1. The van der Waals surface area contributed by atoms with E-state index in [9.17, 15) is 14.7 Å². The molecule has 2 aromatic carbocycles. The number of aromatic carboxylic acids is 1. The summed E-state index contributed by atoms with van der Waals surface area (Å²) < 4.78 is 6.08. The molecule has 0 saturated carbocycles. The molecule has 5 nitrogen and oxygen atoms in total. The lowest BCUT2D eigenvalue weighted by Crippen LogP contribution is -2.26. The third-order valence-electron chi connectivity index (χ3n) is 3.18. The van der Waals surface area contributed by atoms with Gasteiger partial charge in [0.2, 0.25) is 0 Å². The number of carboxylic acids is 1. The molecular weight excluding hydrogens is 362 g/mol. The van der Waals surface area contributed by atoms with E-state index in [1.165, 1.54) is 12.1 Å². The second-order valence-corrected chi connectivity index (χ2v) is 6.00. The van der Waals surface area contributed by atoms with E-state index in [-0.39, 0.29) is 17.9 Å². The van der Waals surface area contributed by atoms with Crippen molar-refractivity contribution in [3.8, 4) is 5.75 Å². The molecule has 0 spiro atoms. The second-order valence-electron chi connectivity index (χ2n) is 5.08. The van der Waals surface area contributed by atoms with Gasteiger partial charge >= 0.3 is 0 Å². The highest BCUT2D eigenvalue weighted by Crippen LogP contribution is 2.21.